The number of para-hydroxylation sites is 2. The van der Waals surface area contributed by atoms with Crippen molar-refractivity contribution in [3.8, 4) is 11.5 Å². The van der Waals surface area contributed by atoms with Crippen LogP contribution in [0.4, 0.5) is 0 Å². The third kappa shape index (κ3) is 4.05. The predicted molar refractivity (Wildman–Crippen MR) is 81.4 cm³/mol. The van der Waals surface area contributed by atoms with E-state index in [2.05, 4.69) is 11.6 Å². The third-order valence-electron chi connectivity index (χ3n) is 3.59. The van der Waals surface area contributed by atoms with E-state index in [-0.39, 0.29) is 0 Å². The van der Waals surface area contributed by atoms with Crippen LogP contribution in [0.25, 0.3) is 0 Å². The lowest BCUT2D eigenvalue weighted by Crippen LogP contribution is -2.36. The lowest BCUT2D eigenvalue weighted by atomic mass is 10.2. The minimum absolute atomic E-state index is 0.649. The summed E-state index contributed by atoms with van der Waals surface area (Å²) in [7, 11) is 1.67. The van der Waals surface area contributed by atoms with E-state index in [9.17, 15) is 0 Å². The third-order valence-corrected chi connectivity index (χ3v) is 4.76. The summed E-state index contributed by atoms with van der Waals surface area (Å²) >= 11 is 1.98. The van der Waals surface area contributed by atoms with Gasteiger partial charge in [0.2, 0.25) is 0 Å². The van der Waals surface area contributed by atoms with E-state index in [0.717, 1.165) is 23.3 Å². The largest absolute Gasteiger partial charge is 0.493 e. The first-order valence-corrected chi connectivity index (χ1v) is 8.16. The summed E-state index contributed by atoms with van der Waals surface area (Å²) in [4.78, 5) is 0. The Morgan fingerprint density at radius 3 is 2.79 bits per heavy atom. The van der Waals surface area contributed by atoms with Crippen LogP contribution < -0.4 is 14.8 Å². The van der Waals surface area contributed by atoms with E-state index < -0.39 is 0 Å². The Kier molecular flexibility index (Phi) is 5.86. The van der Waals surface area contributed by atoms with Crippen molar-refractivity contribution in [3.63, 3.8) is 0 Å². The van der Waals surface area contributed by atoms with Crippen molar-refractivity contribution in [2.24, 2.45) is 0 Å². The quantitative estimate of drug-likeness (QED) is 0.778. The molecule has 0 spiro atoms. The highest BCUT2D eigenvalue weighted by Crippen LogP contribution is 2.28. The molecule has 0 bridgehead atoms. The number of methoxy groups -OCH3 is 1. The smallest absolute Gasteiger partial charge is 0.161 e. The molecule has 1 aromatic rings. The van der Waals surface area contributed by atoms with Gasteiger partial charge in [-0.3, -0.25) is 0 Å². The van der Waals surface area contributed by atoms with Crippen molar-refractivity contribution >= 4 is 11.8 Å². The summed E-state index contributed by atoms with van der Waals surface area (Å²) < 4.78 is 11.0. The Morgan fingerprint density at radius 1 is 1.26 bits per heavy atom. The Hall–Kier alpha value is -0.870. The molecular formula is C15H23NO2S. The molecule has 0 saturated heterocycles. The minimum Gasteiger partial charge on any atom is -0.493 e. The van der Waals surface area contributed by atoms with Crippen molar-refractivity contribution < 1.29 is 9.47 Å². The first kappa shape index (κ1) is 14.5. The first-order valence-electron chi connectivity index (χ1n) is 6.87. The molecule has 1 saturated carbocycles. The van der Waals surface area contributed by atoms with Crippen molar-refractivity contribution in [2.45, 2.75) is 30.6 Å². The number of hydrogen-bond acceptors (Lipinski definition) is 4. The fourth-order valence-electron chi connectivity index (χ4n) is 2.59. The van der Waals surface area contributed by atoms with Crippen LogP contribution in [0.2, 0.25) is 0 Å². The molecular weight excluding hydrogens is 258 g/mol. The van der Waals surface area contributed by atoms with Gasteiger partial charge in [-0.2, -0.15) is 11.8 Å². The van der Waals surface area contributed by atoms with Gasteiger partial charge in [-0.15, -0.1) is 0 Å². The van der Waals surface area contributed by atoms with Gasteiger partial charge in [0, 0.05) is 17.8 Å². The standard InChI is InChI=1S/C15H23NO2S/c1-17-13-7-3-4-8-14(13)18-11-10-16-12-6-5-9-15(12)19-2/h3-4,7-8,12,15-16H,5-6,9-11H2,1-2H3. The number of nitrogens with one attached hydrogen (secondary N) is 1. The second-order valence-corrected chi connectivity index (χ2v) is 5.84. The van der Waals surface area contributed by atoms with Crippen LogP contribution in [-0.4, -0.2) is 37.8 Å². The molecule has 4 heteroatoms. The van der Waals surface area contributed by atoms with Gasteiger partial charge >= 0.3 is 0 Å². The number of rotatable bonds is 7. The van der Waals surface area contributed by atoms with Crippen LogP contribution in [0.1, 0.15) is 19.3 Å². The maximum atomic E-state index is 5.76. The second-order valence-electron chi connectivity index (χ2n) is 4.76. The molecule has 2 unspecified atom stereocenters. The topological polar surface area (TPSA) is 30.5 Å². The van der Waals surface area contributed by atoms with Crippen molar-refractivity contribution in [3.05, 3.63) is 24.3 Å². The van der Waals surface area contributed by atoms with Crippen LogP contribution >= 0.6 is 11.8 Å². The molecule has 1 fully saturated rings. The summed E-state index contributed by atoms with van der Waals surface area (Å²) in [6.45, 7) is 1.57. The fourth-order valence-corrected chi connectivity index (χ4v) is 3.55. The molecule has 2 atom stereocenters. The van der Waals surface area contributed by atoms with Crippen molar-refractivity contribution in [1.29, 1.82) is 0 Å². The van der Waals surface area contributed by atoms with Gasteiger partial charge in [-0.05, 0) is 31.2 Å². The summed E-state index contributed by atoms with van der Waals surface area (Å²) in [5.74, 6) is 1.62. The number of benzene rings is 1. The fraction of sp³-hybridized carbons (Fsp3) is 0.600. The van der Waals surface area contributed by atoms with Crippen LogP contribution in [0.3, 0.4) is 0 Å². The van der Waals surface area contributed by atoms with E-state index in [1.807, 2.05) is 36.0 Å². The second kappa shape index (κ2) is 7.65. The maximum Gasteiger partial charge on any atom is 0.161 e. The molecule has 0 amide bonds. The Labute approximate surface area is 120 Å². The van der Waals surface area contributed by atoms with E-state index in [0.29, 0.717) is 12.6 Å². The first-order chi connectivity index (χ1) is 9.35. The van der Waals surface area contributed by atoms with Crippen molar-refractivity contribution in [1.82, 2.24) is 5.32 Å². The predicted octanol–water partition coefficient (Wildman–Crippen LogP) is 2.95. The van der Waals surface area contributed by atoms with Gasteiger partial charge in [0.25, 0.3) is 0 Å². The lowest BCUT2D eigenvalue weighted by molar-refractivity contribution is 0.286. The normalized spacial score (nSPS) is 22.4. The highest BCUT2D eigenvalue weighted by molar-refractivity contribution is 7.99. The number of thioether (sulfide) groups is 1. The van der Waals surface area contributed by atoms with Crippen LogP contribution in [0, 0.1) is 0 Å². The molecule has 0 aromatic heterocycles. The van der Waals surface area contributed by atoms with Gasteiger partial charge in [-0.1, -0.05) is 18.6 Å². The molecule has 0 radical (unpaired) electrons. The summed E-state index contributed by atoms with van der Waals surface area (Å²) in [6.07, 6.45) is 6.18. The zero-order valence-corrected chi connectivity index (χ0v) is 12.5. The highest BCUT2D eigenvalue weighted by Gasteiger charge is 2.25. The Bertz CT molecular complexity index is 386. The molecule has 1 aromatic carbocycles. The number of ether oxygens (including phenoxy) is 2. The summed E-state index contributed by atoms with van der Waals surface area (Å²) in [5, 5.41) is 4.37. The number of hydrogen-bond donors (Lipinski definition) is 1. The van der Waals surface area contributed by atoms with Crippen LogP contribution in [0.15, 0.2) is 24.3 Å². The van der Waals surface area contributed by atoms with Crippen LogP contribution in [0.5, 0.6) is 11.5 Å². The van der Waals surface area contributed by atoms with Gasteiger partial charge in [-0.25, -0.2) is 0 Å². The molecule has 1 N–H and O–H groups in total. The monoisotopic (exact) mass is 281 g/mol. The molecule has 1 aliphatic rings. The van der Waals surface area contributed by atoms with E-state index in [1.54, 1.807) is 7.11 Å². The zero-order chi connectivity index (χ0) is 13.5. The average molecular weight is 281 g/mol. The van der Waals surface area contributed by atoms with E-state index >= 15 is 0 Å². The molecule has 106 valence electrons. The molecule has 0 heterocycles. The van der Waals surface area contributed by atoms with Gasteiger partial charge in [0.1, 0.15) is 6.61 Å². The van der Waals surface area contributed by atoms with E-state index in [1.165, 1.54) is 19.3 Å². The molecule has 2 rings (SSSR count). The summed E-state index contributed by atoms with van der Waals surface area (Å²) in [5.41, 5.74) is 0. The zero-order valence-electron chi connectivity index (χ0n) is 11.7. The molecule has 19 heavy (non-hydrogen) atoms. The summed E-state index contributed by atoms with van der Waals surface area (Å²) in [6, 6.07) is 8.43. The Balaban J connectivity index is 1.72. The van der Waals surface area contributed by atoms with Crippen LogP contribution in [-0.2, 0) is 0 Å². The van der Waals surface area contributed by atoms with Gasteiger partial charge < -0.3 is 14.8 Å². The minimum atomic E-state index is 0.649. The highest BCUT2D eigenvalue weighted by atomic mass is 32.2. The van der Waals surface area contributed by atoms with E-state index in [4.69, 9.17) is 9.47 Å². The molecule has 0 aliphatic heterocycles. The maximum absolute atomic E-state index is 5.76. The van der Waals surface area contributed by atoms with Gasteiger partial charge in [0.15, 0.2) is 11.5 Å². The SMILES string of the molecule is COc1ccccc1OCCNC1CCCC1SC. The molecule has 3 nitrogen and oxygen atoms in total. The Morgan fingerprint density at radius 2 is 2.05 bits per heavy atom. The van der Waals surface area contributed by atoms with Gasteiger partial charge in [0.05, 0.1) is 7.11 Å². The molecule has 1 aliphatic carbocycles. The average Bonchev–Trinajstić information content (AvgIpc) is 2.91. The van der Waals surface area contributed by atoms with Crippen molar-refractivity contribution in [2.75, 3.05) is 26.5 Å². The lowest BCUT2D eigenvalue weighted by Gasteiger charge is -2.19.